The molecule has 0 atom stereocenters. The number of thiocarbonyl (C=S) groups is 1. The molecular formula is C16H25N3OS. The molecule has 116 valence electrons. The van der Waals surface area contributed by atoms with Gasteiger partial charge in [0.25, 0.3) is 5.91 Å². The first-order valence-corrected chi connectivity index (χ1v) is 8.30. The van der Waals surface area contributed by atoms with Crippen LogP contribution in [0, 0.1) is 0 Å². The van der Waals surface area contributed by atoms with Crippen LogP contribution in [-0.4, -0.2) is 40.7 Å². The second-order valence-corrected chi connectivity index (χ2v) is 5.91. The van der Waals surface area contributed by atoms with Gasteiger partial charge in [-0.25, -0.2) is 5.01 Å². The molecule has 1 N–H and O–H groups in total. The molecule has 0 radical (unpaired) electrons. The van der Waals surface area contributed by atoms with Crippen LogP contribution in [-0.2, 0) is 4.79 Å². The smallest absolute Gasteiger partial charge is 0.264 e. The lowest BCUT2D eigenvalue weighted by atomic mass is 9.97. The van der Waals surface area contributed by atoms with Crippen LogP contribution in [0.2, 0.25) is 0 Å². The van der Waals surface area contributed by atoms with Crippen LogP contribution in [0.4, 0.5) is 0 Å². The van der Waals surface area contributed by atoms with Gasteiger partial charge in [0, 0.05) is 25.7 Å². The monoisotopic (exact) mass is 307 g/mol. The summed E-state index contributed by atoms with van der Waals surface area (Å²) in [6, 6.07) is 0. The van der Waals surface area contributed by atoms with E-state index in [1.54, 1.807) is 22.7 Å². The fraction of sp³-hybridized carbons (Fsp3) is 0.625. The third kappa shape index (κ3) is 4.56. The number of allylic oxidation sites excluding steroid dienone is 2. The number of amides is 1. The standard InChI is InChI=1S/C16H25N3OS/c1-2-7-15(20)18-12-6-13-19(18)16(21)17-11-10-14-8-4-3-5-9-14/h2,7-8H,3-6,9-13H2,1H3,(H,17,21). The molecule has 1 aliphatic heterocycles. The van der Waals surface area contributed by atoms with Crippen LogP contribution in [0.25, 0.3) is 0 Å². The summed E-state index contributed by atoms with van der Waals surface area (Å²) < 4.78 is 0. The topological polar surface area (TPSA) is 35.6 Å². The highest BCUT2D eigenvalue weighted by Crippen LogP contribution is 2.19. The summed E-state index contributed by atoms with van der Waals surface area (Å²) in [7, 11) is 0. The third-order valence-electron chi connectivity index (χ3n) is 3.94. The predicted octanol–water partition coefficient (Wildman–Crippen LogP) is 2.78. The number of rotatable bonds is 4. The minimum absolute atomic E-state index is 0.00846. The highest BCUT2D eigenvalue weighted by Gasteiger charge is 2.26. The van der Waals surface area contributed by atoms with Gasteiger partial charge in [0.15, 0.2) is 5.11 Å². The van der Waals surface area contributed by atoms with E-state index in [9.17, 15) is 4.79 Å². The number of carbonyl (C=O) groups is 1. The Hall–Kier alpha value is -1.36. The van der Waals surface area contributed by atoms with Gasteiger partial charge in [-0.1, -0.05) is 17.7 Å². The molecule has 4 nitrogen and oxygen atoms in total. The molecule has 0 aromatic rings. The van der Waals surface area contributed by atoms with E-state index in [1.165, 1.54) is 25.7 Å². The molecule has 1 saturated heterocycles. The van der Waals surface area contributed by atoms with E-state index in [2.05, 4.69) is 11.4 Å². The summed E-state index contributed by atoms with van der Waals surface area (Å²) >= 11 is 5.44. The van der Waals surface area contributed by atoms with Gasteiger partial charge in [0.2, 0.25) is 0 Å². The van der Waals surface area contributed by atoms with Crippen LogP contribution in [0.1, 0.15) is 45.4 Å². The molecule has 0 aromatic carbocycles. The third-order valence-corrected chi connectivity index (χ3v) is 4.29. The number of hydrazine groups is 1. The minimum atomic E-state index is 0.00846. The van der Waals surface area contributed by atoms with Crippen LogP contribution in [0.15, 0.2) is 23.8 Å². The van der Waals surface area contributed by atoms with Gasteiger partial charge in [-0.2, -0.15) is 0 Å². The van der Waals surface area contributed by atoms with E-state index in [1.807, 2.05) is 11.9 Å². The Labute approximate surface area is 132 Å². The molecule has 1 heterocycles. The Morgan fingerprint density at radius 1 is 1.33 bits per heavy atom. The molecule has 2 rings (SSSR count). The molecule has 21 heavy (non-hydrogen) atoms. The van der Waals surface area contributed by atoms with Crippen molar-refractivity contribution in [2.24, 2.45) is 0 Å². The molecule has 0 aromatic heterocycles. The van der Waals surface area contributed by atoms with Gasteiger partial charge in [-0.05, 0) is 57.7 Å². The number of hydrogen-bond acceptors (Lipinski definition) is 2. The number of hydrogen-bond donors (Lipinski definition) is 1. The van der Waals surface area contributed by atoms with E-state index in [4.69, 9.17) is 12.2 Å². The van der Waals surface area contributed by atoms with Gasteiger partial charge in [-0.15, -0.1) is 0 Å². The molecule has 0 unspecified atom stereocenters. The van der Waals surface area contributed by atoms with E-state index in [0.717, 1.165) is 32.5 Å². The van der Waals surface area contributed by atoms with Gasteiger partial charge >= 0.3 is 0 Å². The molecule has 0 spiro atoms. The summed E-state index contributed by atoms with van der Waals surface area (Å²) in [5.41, 5.74) is 1.54. The molecule has 2 aliphatic rings. The van der Waals surface area contributed by atoms with E-state index in [0.29, 0.717) is 5.11 Å². The lowest BCUT2D eigenvalue weighted by molar-refractivity contribution is -0.133. The van der Waals surface area contributed by atoms with Crippen molar-refractivity contribution in [2.75, 3.05) is 19.6 Å². The van der Waals surface area contributed by atoms with Crippen molar-refractivity contribution in [1.29, 1.82) is 0 Å². The lowest BCUT2D eigenvalue weighted by Crippen LogP contribution is -2.48. The van der Waals surface area contributed by atoms with Gasteiger partial charge in [-0.3, -0.25) is 9.80 Å². The first-order valence-electron chi connectivity index (χ1n) is 7.89. The van der Waals surface area contributed by atoms with Crippen molar-refractivity contribution in [1.82, 2.24) is 15.3 Å². The Kier molecular flexibility index (Phi) is 6.23. The fourth-order valence-electron chi connectivity index (χ4n) is 2.83. The van der Waals surface area contributed by atoms with Crippen LogP contribution >= 0.6 is 12.2 Å². The highest BCUT2D eigenvalue weighted by molar-refractivity contribution is 7.80. The largest absolute Gasteiger partial charge is 0.361 e. The van der Waals surface area contributed by atoms with Crippen LogP contribution in [0.3, 0.4) is 0 Å². The van der Waals surface area contributed by atoms with Crippen molar-refractivity contribution in [2.45, 2.75) is 45.4 Å². The Morgan fingerprint density at radius 3 is 2.86 bits per heavy atom. The second-order valence-electron chi connectivity index (χ2n) is 5.53. The van der Waals surface area contributed by atoms with Crippen molar-refractivity contribution in [3.63, 3.8) is 0 Å². The molecule has 5 heteroatoms. The van der Waals surface area contributed by atoms with E-state index < -0.39 is 0 Å². The summed E-state index contributed by atoms with van der Waals surface area (Å²) in [6.45, 7) is 4.27. The highest BCUT2D eigenvalue weighted by atomic mass is 32.1. The minimum Gasteiger partial charge on any atom is -0.361 e. The predicted molar refractivity (Wildman–Crippen MR) is 89.6 cm³/mol. The van der Waals surface area contributed by atoms with Crippen molar-refractivity contribution in [3.05, 3.63) is 23.8 Å². The van der Waals surface area contributed by atoms with Crippen molar-refractivity contribution in [3.8, 4) is 0 Å². The maximum atomic E-state index is 12.0. The molecule has 1 amide bonds. The fourth-order valence-corrected chi connectivity index (χ4v) is 3.13. The van der Waals surface area contributed by atoms with Crippen molar-refractivity contribution >= 4 is 23.2 Å². The summed E-state index contributed by atoms with van der Waals surface area (Å²) in [6.07, 6.45) is 12.8. The summed E-state index contributed by atoms with van der Waals surface area (Å²) in [5.74, 6) is 0.00846. The summed E-state index contributed by atoms with van der Waals surface area (Å²) in [5, 5.41) is 7.59. The normalized spacial score (nSPS) is 19.0. The maximum Gasteiger partial charge on any atom is 0.264 e. The zero-order chi connectivity index (χ0) is 15.1. The quantitative estimate of drug-likeness (QED) is 0.492. The Balaban J connectivity index is 1.79. The van der Waals surface area contributed by atoms with Crippen LogP contribution < -0.4 is 5.32 Å². The van der Waals surface area contributed by atoms with Gasteiger partial charge < -0.3 is 5.32 Å². The van der Waals surface area contributed by atoms with E-state index in [-0.39, 0.29) is 5.91 Å². The average Bonchev–Trinajstić information content (AvgIpc) is 2.98. The van der Waals surface area contributed by atoms with Gasteiger partial charge in [0.1, 0.15) is 0 Å². The molecule has 0 saturated carbocycles. The number of carbonyl (C=O) groups excluding carboxylic acids is 1. The maximum absolute atomic E-state index is 12.0. The van der Waals surface area contributed by atoms with Crippen molar-refractivity contribution < 1.29 is 4.79 Å². The van der Waals surface area contributed by atoms with Gasteiger partial charge in [0.05, 0.1) is 0 Å². The average molecular weight is 307 g/mol. The first kappa shape index (κ1) is 16.0. The lowest BCUT2D eigenvalue weighted by Gasteiger charge is -2.29. The Morgan fingerprint density at radius 2 is 2.14 bits per heavy atom. The molecule has 1 fully saturated rings. The second kappa shape index (κ2) is 8.17. The SMILES string of the molecule is CC=CC(=O)N1CCCN1C(=S)NCCC1=CCCCC1. The zero-order valence-corrected chi connectivity index (χ0v) is 13.6. The number of nitrogens with zero attached hydrogens (tertiary/aromatic N) is 2. The van der Waals surface area contributed by atoms with Crippen LogP contribution in [0.5, 0.6) is 0 Å². The Bertz CT molecular complexity index is 445. The zero-order valence-electron chi connectivity index (χ0n) is 12.8. The number of nitrogens with one attached hydrogen (secondary N) is 1. The molecular weight excluding hydrogens is 282 g/mol. The molecule has 1 aliphatic carbocycles. The first-order chi connectivity index (χ1) is 10.2. The summed E-state index contributed by atoms with van der Waals surface area (Å²) in [4.78, 5) is 12.0. The molecule has 0 bridgehead atoms. The van der Waals surface area contributed by atoms with E-state index >= 15 is 0 Å².